The molecule has 1 unspecified atom stereocenters. The van der Waals surface area contributed by atoms with Crippen molar-refractivity contribution in [1.82, 2.24) is 4.98 Å². The van der Waals surface area contributed by atoms with Gasteiger partial charge in [0.05, 0.1) is 5.52 Å². The van der Waals surface area contributed by atoms with Gasteiger partial charge < -0.3 is 5.73 Å². The first-order valence-electron chi connectivity index (χ1n) is 4.65. The van der Waals surface area contributed by atoms with Crippen molar-refractivity contribution in [3.63, 3.8) is 0 Å². The second-order valence-corrected chi connectivity index (χ2v) is 3.47. The number of hydrogen-bond acceptors (Lipinski definition) is 2. The van der Waals surface area contributed by atoms with E-state index in [4.69, 9.17) is 5.73 Å². The second-order valence-electron chi connectivity index (χ2n) is 3.47. The highest BCUT2D eigenvalue weighted by molar-refractivity contribution is 5.79. The van der Waals surface area contributed by atoms with Gasteiger partial charge in [0.1, 0.15) is 6.04 Å². The van der Waals surface area contributed by atoms with Crippen molar-refractivity contribution >= 4 is 10.9 Å². The van der Waals surface area contributed by atoms with Crippen LogP contribution in [-0.4, -0.2) is 11.2 Å². The molecule has 16 heavy (non-hydrogen) atoms. The van der Waals surface area contributed by atoms with Crippen LogP contribution in [0.5, 0.6) is 0 Å². The van der Waals surface area contributed by atoms with Crippen molar-refractivity contribution in [2.75, 3.05) is 0 Å². The number of halogens is 3. The molecule has 0 aliphatic carbocycles. The predicted molar refractivity (Wildman–Crippen MR) is 54.7 cm³/mol. The lowest BCUT2D eigenvalue weighted by molar-refractivity contribution is -0.149. The Kier molecular flexibility index (Phi) is 2.55. The summed E-state index contributed by atoms with van der Waals surface area (Å²) >= 11 is 0. The highest BCUT2D eigenvalue weighted by atomic mass is 19.4. The van der Waals surface area contributed by atoms with Gasteiger partial charge in [-0.15, -0.1) is 0 Å². The van der Waals surface area contributed by atoms with Crippen LogP contribution >= 0.6 is 0 Å². The molecule has 0 radical (unpaired) electrons. The van der Waals surface area contributed by atoms with Crippen molar-refractivity contribution in [2.45, 2.75) is 12.2 Å². The molecule has 0 aliphatic heterocycles. The van der Waals surface area contributed by atoms with Gasteiger partial charge in [0, 0.05) is 11.6 Å². The van der Waals surface area contributed by atoms with Gasteiger partial charge >= 0.3 is 6.18 Å². The van der Waals surface area contributed by atoms with Gasteiger partial charge in [-0.25, -0.2) is 0 Å². The Morgan fingerprint density at radius 1 is 1.19 bits per heavy atom. The predicted octanol–water partition coefficient (Wildman–Crippen LogP) is 2.80. The van der Waals surface area contributed by atoms with E-state index in [0.29, 0.717) is 10.9 Å². The van der Waals surface area contributed by atoms with Crippen molar-refractivity contribution in [3.05, 3.63) is 42.1 Å². The number of rotatable bonds is 1. The van der Waals surface area contributed by atoms with Gasteiger partial charge in [-0.2, -0.15) is 13.2 Å². The summed E-state index contributed by atoms with van der Waals surface area (Å²) in [5.41, 5.74) is 5.82. The summed E-state index contributed by atoms with van der Waals surface area (Å²) in [5, 5.41) is 0.653. The van der Waals surface area contributed by atoms with E-state index in [9.17, 15) is 13.2 Å². The summed E-state index contributed by atoms with van der Waals surface area (Å²) in [4.78, 5) is 4.02. The zero-order chi connectivity index (χ0) is 11.8. The number of benzene rings is 1. The molecule has 0 fully saturated rings. The topological polar surface area (TPSA) is 38.9 Å². The van der Waals surface area contributed by atoms with Crippen LogP contribution in [-0.2, 0) is 0 Å². The van der Waals surface area contributed by atoms with E-state index < -0.39 is 12.2 Å². The lowest BCUT2D eigenvalue weighted by Gasteiger charge is -2.16. The highest BCUT2D eigenvalue weighted by Gasteiger charge is 2.37. The monoisotopic (exact) mass is 226 g/mol. The summed E-state index contributed by atoms with van der Waals surface area (Å²) in [6.45, 7) is 0. The first-order chi connectivity index (χ1) is 7.48. The first kappa shape index (κ1) is 10.9. The maximum atomic E-state index is 12.4. The number of hydrogen-bond donors (Lipinski definition) is 1. The van der Waals surface area contributed by atoms with E-state index in [-0.39, 0.29) is 5.56 Å². The van der Waals surface area contributed by atoms with Crippen LogP contribution in [0.3, 0.4) is 0 Å². The summed E-state index contributed by atoms with van der Waals surface area (Å²) < 4.78 is 37.2. The quantitative estimate of drug-likeness (QED) is 0.812. The number of fused-ring (bicyclic) bond motifs is 1. The summed E-state index contributed by atoms with van der Waals surface area (Å²) in [7, 11) is 0. The Labute approximate surface area is 89.9 Å². The second kappa shape index (κ2) is 3.75. The van der Waals surface area contributed by atoms with E-state index in [0.717, 1.165) is 0 Å². The minimum absolute atomic E-state index is 0.0491. The maximum absolute atomic E-state index is 12.4. The molecule has 1 atom stereocenters. The normalized spacial score (nSPS) is 14.0. The number of pyridine rings is 1. The van der Waals surface area contributed by atoms with Crippen molar-refractivity contribution < 1.29 is 13.2 Å². The Morgan fingerprint density at radius 2 is 1.94 bits per heavy atom. The third-order valence-electron chi connectivity index (χ3n) is 2.34. The minimum atomic E-state index is -4.42. The van der Waals surface area contributed by atoms with Crippen LogP contribution in [0.2, 0.25) is 0 Å². The largest absolute Gasteiger partial charge is 0.407 e. The fraction of sp³-hybridized carbons (Fsp3) is 0.182. The number of nitrogens with zero attached hydrogens (tertiary/aromatic N) is 1. The molecule has 0 saturated heterocycles. The standard InChI is InChI=1S/C11H9F3N2/c12-11(13,14)10(15)8-3-4-9-7(6-8)2-1-5-16-9/h1-6,10H,15H2. The van der Waals surface area contributed by atoms with E-state index in [1.54, 1.807) is 18.3 Å². The lowest BCUT2D eigenvalue weighted by atomic mass is 10.0. The molecule has 0 spiro atoms. The fourth-order valence-electron chi connectivity index (χ4n) is 1.48. The van der Waals surface area contributed by atoms with Crippen LogP contribution in [0.4, 0.5) is 13.2 Å². The van der Waals surface area contributed by atoms with Gasteiger partial charge in [-0.1, -0.05) is 12.1 Å². The average molecular weight is 226 g/mol. The van der Waals surface area contributed by atoms with Gasteiger partial charge in [-0.05, 0) is 23.8 Å². The Morgan fingerprint density at radius 3 is 2.62 bits per heavy atom. The van der Waals surface area contributed by atoms with Crippen LogP contribution in [0.1, 0.15) is 11.6 Å². The third kappa shape index (κ3) is 1.99. The van der Waals surface area contributed by atoms with Crippen molar-refractivity contribution in [2.24, 2.45) is 5.73 Å². The molecule has 84 valence electrons. The zero-order valence-corrected chi connectivity index (χ0v) is 8.20. The van der Waals surface area contributed by atoms with E-state index in [2.05, 4.69) is 4.98 Å². The minimum Gasteiger partial charge on any atom is -0.316 e. The molecule has 0 aliphatic rings. The molecule has 1 aromatic heterocycles. The molecule has 2 aromatic rings. The Hall–Kier alpha value is -1.62. The molecule has 0 saturated carbocycles. The Bertz CT molecular complexity index is 508. The molecule has 2 rings (SSSR count). The molecular formula is C11H9F3N2. The summed E-state index contributed by atoms with van der Waals surface area (Å²) in [5.74, 6) is 0. The molecule has 5 heteroatoms. The van der Waals surface area contributed by atoms with Gasteiger partial charge in [-0.3, -0.25) is 4.98 Å². The maximum Gasteiger partial charge on any atom is 0.407 e. The highest BCUT2D eigenvalue weighted by Crippen LogP contribution is 2.31. The molecule has 1 heterocycles. The molecule has 2 nitrogen and oxygen atoms in total. The van der Waals surface area contributed by atoms with Gasteiger partial charge in [0.2, 0.25) is 0 Å². The smallest absolute Gasteiger partial charge is 0.316 e. The number of nitrogens with two attached hydrogens (primary N) is 1. The van der Waals surface area contributed by atoms with Crippen LogP contribution in [0.25, 0.3) is 10.9 Å². The number of alkyl halides is 3. The third-order valence-corrected chi connectivity index (χ3v) is 2.34. The summed E-state index contributed by atoms with van der Waals surface area (Å²) in [6, 6.07) is 5.74. The van der Waals surface area contributed by atoms with Gasteiger partial charge in [0.15, 0.2) is 0 Å². The van der Waals surface area contributed by atoms with E-state index >= 15 is 0 Å². The molecule has 0 amide bonds. The Balaban J connectivity index is 2.47. The van der Waals surface area contributed by atoms with Crippen molar-refractivity contribution in [1.29, 1.82) is 0 Å². The van der Waals surface area contributed by atoms with Gasteiger partial charge in [0.25, 0.3) is 0 Å². The molecule has 2 N–H and O–H groups in total. The number of aromatic nitrogens is 1. The van der Waals surface area contributed by atoms with Crippen molar-refractivity contribution in [3.8, 4) is 0 Å². The summed E-state index contributed by atoms with van der Waals surface area (Å²) in [6.07, 6.45) is -2.83. The lowest BCUT2D eigenvalue weighted by Crippen LogP contribution is -2.28. The first-order valence-corrected chi connectivity index (χ1v) is 4.65. The zero-order valence-electron chi connectivity index (χ0n) is 8.20. The molecule has 1 aromatic carbocycles. The fourth-order valence-corrected chi connectivity index (χ4v) is 1.48. The molecule has 0 bridgehead atoms. The van der Waals surface area contributed by atoms with E-state index in [1.807, 2.05) is 0 Å². The van der Waals surface area contributed by atoms with E-state index in [1.165, 1.54) is 18.2 Å². The molecular weight excluding hydrogens is 217 g/mol. The SMILES string of the molecule is NC(c1ccc2ncccc2c1)C(F)(F)F. The van der Waals surface area contributed by atoms with Crippen LogP contribution < -0.4 is 5.73 Å². The average Bonchev–Trinajstić information content (AvgIpc) is 2.26. The van der Waals surface area contributed by atoms with Crippen LogP contribution in [0.15, 0.2) is 36.5 Å². The van der Waals surface area contributed by atoms with Crippen LogP contribution in [0, 0.1) is 0 Å².